The smallest absolute Gasteiger partial charge is 0.0855 e. The summed E-state index contributed by atoms with van der Waals surface area (Å²) in [6, 6.07) is 0. The van der Waals surface area contributed by atoms with Crippen LogP contribution in [0.5, 0.6) is 0 Å². The summed E-state index contributed by atoms with van der Waals surface area (Å²) in [6.07, 6.45) is 0. The first-order chi connectivity index (χ1) is 4.15. The molecule has 0 bridgehead atoms. The summed E-state index contributed by atoms with van der Waals surface area (Å²) < 4.78 is -1.33. The Morgan fingerprint density at radius 2 is 1.50 bits per heavy atom. The maximum absolute atomic E-state index is 5.67. The first-order valence-electron chi connectivity index (χ1n) is 2.91. The normalized spacial score (nSPS) is 17.1. The SMILES string of the molecule is CC(C(Cl)(Cl)Cl)C(C)(C)Br. The van der Waals surface area contributed by atoms with Gasteiger partial charge in [0.25, 0.3) is 0 Å². The van der Waals surface area contributed by atoms with E-state index in [1.807, 2.05) is 20.8 Å². The Morgan fingerprint density at radius 3 is 1.50 bits per heavy atom. The second kappa shape index (κ2) is 3.38. The molecule has 0 radical (unpaired) electrons. The molecule has 1 atom stereocenters. The van der Waals surface area contributed by atoms with Crippen molar-refractivity contribution in [3.05, 3.63) is 0 Å². The van der Waals surface area contributed by atoms with Crippen LogP contribution in [0, 0.1) is 5.92 Å². The van der Waals surface area contributed by atoms with Crippen LogP contribution in [0.2, 0.25) is 0 Å². The molecule has 0 aliphatic heterocycles. The lowest BCUT2D eigenvalue weighted by molar-refractivity contribution is 0.479. The van der Waals surface area contributed by atoms with Crippen LogP contribution in [-0.2, 0) is 0 Å². The predicted molar refractivity (Wildman–Crippen MR) is 52.5 cm³/mol. The van der Waals surface area contributed by atoms with E-state index in [2.05, 4.69) is 15.9 Å². The molecule has 62 valence electrons. The Labute approximate surface area is 85.3 Å². The van der Waals surface area contributed by atoms with Crippen LogP contribution in [0.4, 0.5) is 0 Å². The highest BCUT2D eigenvalue weighted by Gasteiger charge is 2.38. The lowest BCUT2D eigenvalue weighted by Gasteiger charge is -2.30. The van der Waals surface area contributed by atoms with Gasteiger partial charge in [0.15, 0.2) is 3.79 Å². The molecule has 0 aromatic heterocycles. The lowest BCUT2D eigenvalue weighted by Crippen LogP contribution is -2.32. The van der Waals surface area contributed by atoms with E-state index in [1.54, 1.807) is 0 Å². The highest BCUT2D eigenvalue weighted by molar-refractivity contribution is 9.10. The number of hydrogen-bond donors (Lipinski definition) is 0. The fourth-order valence-electron chi connectivity index (χ4n) is 0.389. The molecule has 0 fully saturated rings. The van der Waals surface area contributed by atoms with Gasteiger partial charge in [-0.25, -0.2) is 0 Å². The Morgan fingerprint density at radius 1 is 1.20 bits per heavy atom. The summed E-state index contributed by atoms with van der Waals surface area (Å²) in [7, 11) is 0. The van der Waals surface area contributed by atoms with Crippen molar-refractivity contribution in [2.45, 2.75) is 28.9 Å². The summed E-state index contributed by atoms with van der Waals surface area (Å²) in [4.78, 5) is 0. The van der Waals surface area contributed by atoms with Gasteiger partial charge in [-0.1, -0.05) is 57.7 Å². The van der Waals surface area contributed by atoms with Crippen LogP contribution >= 0.6 is 50.7 Å². The fourth-order valence-corrected chi connectivity index (χ4v) is 1.95. The number of alkyl halides is 4. The van der Waals surface area contributed by atoms with Crippen LogP contribution in [0.1, 0.15) is 20.8 Å². The van der Waals surface area contributed by atoms with E-state index in [4.69, 9.17) is 34.8 Å². The van der Waals surface area contributed by atoms with Gasteiger partial charge < -0.3 is 0 Å². The molecule has 1 unspecified atom stereocenters. The standard InChI is InChI=1S/C6H10BrCl3/c1-4(5(2,3)7)6(8,9)10/h4H,1-3H3. The van der Waals surface area contributed by atoms with Gasteiger partial charge in [0.05, 0.1) is 0 Å². The molecule has 0 saturated heterocycles. The summed E-state index contributed by atoms with van der Waals surface area (Å²) in [5.74, 6) is -0.0231. The van der Waals surface area contributed by atoms with Crippen molar-refractivity contribution in [3.8, 4) is 0 Å². The van der Waals surface area contributed by atoms with E-state index in [9.17, 15) is 0 Å². The zero-order chi connectivity index (χ0) is 8.58. The van der Waals surface area contributed by atoms with Crippen molar-refractivity contribution in [2.75, 3.05) is 0 Å². The maximum atomic E-state index is 5.67. The van der Waals surface area contributed by atoms with Crippen molar-refractivity contribution >= 4 is 50.7 Å². The molecule has 0 spiro atoms. The first-order valence-corrected chi connectivity index (χ1v) is 4.84. The van der Waals surface area contributed by atoms with E-state index in [0.29, 0.717) is 0 Å². The predicted octanol–water partition coefficient (Wildman–Crippen LogP) is 4.17. The number of rotatable bonds is 1. The summed E-state index contributed by atoms with van der Waals surface area (Å²) in [5, 5.41) is 0. The zero-order valence-electron chi connectivity index (χ0n) is 6.09. The van der Waals surface area contributed by atoms with E-state index >= 15 is 0 Å². The van der Waals surface area contributed by atoms with Crippen molar-refractivity contribution < 1.29 is 0 Å². The monoisotopic (exact) mass is 266 g/mol. The molecule has 0 amide bonds. The van der Waals surface area contributed by atoms with Crippen molar-refractivity contribution in [3.63, 3.8) is 0 Å². The molecule has 4 heteroatoms. The van der Waals surface area contributed by atoms with Gasteiger partial charge in [-0.15, -0.1) is 0 Å². The Bertz CT molecular complexity index is 97.1. The van der Waals surface area contributed by atoms with Crippen molar-refractivity contribution in [1.82, 2.24) is 0 Å². The molecule has 0 aromatic rings. The fraction of sp³-hybridized carbons (Fsp3) is 1.00. The summed E-state index contributed by atoms with van der Waals surface area (Å²) >= 11 is 20.4. The van der Waals surface area contributed by atoms with Gasteiger partial charge in [-0.3, -0.25) is 0 Å². The number of halogens is 4. The van der Waals surface area contributed by atoms with Gasteiger partial charge in [-0.2, -0.15) is 0 Å². The van der Waals surface area contributed by atoms with E-state index in [0.717, 1.165) is 0 Å². The molecule has 0 aromatic carbocycles. The van der Waals surface area contributed by atoms with E-state index in [1.165, 1.54) is 0 Å². The summed E-state index contributed by atoms with van der Waals surface area (Å²) in [5.41, 5.74) is 0. The third kappa shape index (κ3) is 3.66. The van der Waals surface area contributed by atoms with Gasteiger partial charge >= 0.3 is 0 Å². The Balaban J connectivity index is 4.23. The largest absolute Gasteiger partial charge is 0.194 e. The van der Waals surface area contributed by atoms with Gasteiger partial charge in [0.2, 0.25) is 0 Å². The van der Waals surface area contributed by atoms with Gasteiger partial charge in [-0.05, 0) is 13.8 Å². The van der Waals surface area contributed by atoms with Crippen molar-refractivity contribution in [2.24, 2.45) is 5.92 Å². The van der Waals surface area contributed by atoms with Crippen LogP contribution in [0.15, 0.2) is 0 Å². The molecule has 0 heterocycles. The van der Waals surface area contributed by atoms with Crippen LogP contribution in [-0.4, -0.2) is 8.12 Å². The molecule has 0 aliphatic carbocycles. The zero-order valence-corrected chi connectivity index (χ0v) is 9.94. The maximum Gasteiger partial charge on any atom is 0.194 e. The minimum absolute atomic E-state index is 0.0231. The van der Waals surface area contributed by atoms with Crippen LogP contribution < -0.4 is 0 Å². The van der Waals surface area contributed by atoms with Crippen molar-refractivity contribution in [1.29, 1.82) is 0 Å². The molecule has 10 heavy (non-hydrogen) atoms. The average Bonchev–Trinajstić information content (AvgIpc) is 1.59. The minimum atomic E-state index is -1.19. The van der Waals surface area contributed by atoms with Gasteiger partial charge in [0.1, 0.15) is 0 Å². The van der Waals surface area contributed by atoms with Crippen LogP contribution in [0.25, 0.3) is 0 Å². The highest BCUT2D eigenvalue weighted by Crippen LogP contribution is 2.43. The molecule has 0 N–H and O–H groups in total. The number of hydrogen-bond acceptors (Lipinski definition) is 0. The van der Waals surface area contributed by atoms with Crippen LogP contribution in [0.3, 0.4) is 0 Å². The molecule has 0 rings (SSSR count). The third-order valence-electron chi connectivity index (χ3n) is 1.52. The summed E-state index contributed by atoms with van der Waals surface area (Å²) in [6.45, 7) is 5.83. The molecule has 0 saturated carbocycles. The second-order valence-corrected chi connectivity index (χ2v) is 7.24. The first kappa shape index (κ1) is 11.4. The topological polar surface area (TPSA) is 0 Å². The quantitative estimate of drug-likeness (QED) is 0.626. The third-order valence-corrected chi connectivity index (χ3v) is 3.19. The Hall–Kier alpha value is 1.35. The van der Waals surface area contributed by atoms with E-state index in [-0.39, 0.29) is 10.2 Å². The Kier molecular flexibility index (Phi) is 3.84. The average molecular weight is 268 g/mol. The van der Waals surface area contributed by atoms with E-state index < -0.39 is 3.79 Å². The second-order valence-electron chi connectivity index (χ2n) is 2.83. The molecule has 0 aliphatic rings. The lowest BCUT2D eigenvalue weighted by atomic mass is 10.00. The van der Waals surface area contributed by atoms with Gasteiger partial charge in [0, 0.05) is 10.2 Å². The molecule has 0 nitrogen and oxygen atoms in total. The minimum Gasteiger partial charge on any atom is -0.0855 e. The molecular weight excluding hydrogens is 258 g/mol. The highest BCUT2D eigenvalue weighted by atomic mass is 79.9. The molecular formula is C6H10BrCl3.